The lowest BCUT2D eigenvalue weighted by Crippen LogP contribution is -2.14. The van der Waals surface area contributed by atoms with Gasteiger partial charge in [-0.2, -0.15) is 0 Å². The SMILES string of the molecule is C1=CC2c3c(cccc3-c3c4ccccc4c(-c4ccc(-c5cccc6ccccc56)cc4)c4ccccc34)SC2C(c2c3ccccc3c(-c3ccccc3)c3ccccc23)=C1. The molecule has 0 saturated heterocycles. The summed E-state index contributed by atoms with van der Waals surface area (Å²) >= 11 is 2.04. The lowest BCUT2D eigenvalue weighted by molar-refractivity contribution is 0.897. The second kappa shape index (κ2) is 14.6. The Hall–Kier alpha value is -7.45. The van der Waals surface area contributed by atoms with Gasteiger partial charge in [-0.25, -0.2) is 0 Å². The van der Waals surface area contributed by atoms with E-state index in [9.17, 15) is 0 Å². The molecule has 11 aromatic rings. The van der Waals surface area contributed by atoms with Crippen LogP contribution >= 0.6 is 11.8 Å². The first-order valence-electron chi connectivity index (χ1n) is 22.0. The van der Waals surface area contributed by atoms with Gasteiger partial charge in [0.25, 0.3) is 0 Å². The molecule has 0 N–H and O–H groups in total. The molecule has 2 unspecified atom stereocenters. The van der Waals surface area contributed by atoms with Gasteiger partial charge in [-0.05, 0) is 121 Å². The quantitative estimate of drug-likeness (QED) is 0.156. The Kier molecular flexibility index (Phi) is 8.39. The van der Waals surface area contributed by atoms with Gasteiger partial charge in [0.1, 0.15) is 0 Å². The van der Waals surface area contributed by atoms with Gasteiger partial charge in [0.2, 0.25) is 0 Å². The van der Waals surface area contributed by atoms with E-state index in [1.165, 1.54) is 120 Å². The summed E-state index contributed by atoms with van der Waals surface area (Å²) < 4.78 is 0. The minimum Gasteiger partial charge on any atom is -0.117 e. The molecule has 0 bridgehead atoms. The molecule has 0 nitrogen and oxygen atoms in total. The van der Waals surface area contributed by atoms with E-state index in [0.29, 0.717) is 0 Å². The van der Waals surface area contributed by atoms with E-state index in [0.717, 1.165) is 0 Å². The van der Waals surface area contributed by atoms with Crippen molar-refractivity contribution in [2.24, 2.45) is 0 Å². The lowest BCUT2D eigenvalue weighted by Gasteiger charge is -2.27. The fraction of sp³-hybridized carbons (Fsp3) is 0.0323. The van der Waals surface area contributed by atoms with E-state index in [1.807, 2.05) is 11.8 Å². The number of fused-ring (bicyclic) bond motifs is 8. The number of hydrogen-bond acceptors (Lipinski definition) is 1. The van der Waals surface area contributed by atoms with E-state index >= 15 is 0 Å². The Morgan fingerprint density at radius 3 is 1.37 bits per heavy atom. The van der Waals surface area contributed by atoms with Crippen LogP contribution in [-0.4, -0.2) is 5.25 Å². The molecule has 1 heteroatoms. The van der Waals surface area contributed by atoms with Crippen LogP contribution in [0.3, 0.4) is 0 Å². The molecule has 0 radical (unpaired) electrons. The van der Waals surface area contributed by atoms with Crippen LogP contribution in [0.5, 0.6) is 0 Å². The van der Waals surface area contributed by atoms with Gasteiger partial charge in [0.05, 0.1) is 0 Å². The average Bonchev–Trinajstić information content (AvgIpc) is 3.75. The molecule has 11 aromatic carbocycles. The highest BCUT2D eigenvalue weighted by Crippen LogP contribution is 2.58. The van der Waals surface area contributed by atoms with Crippen molar-refractivity contribution in [1.82, 2.24) is 0 Å². The van der Waals surface area contributed by atoms with Crippen LogP contribution in [0, 0.1) is 0 Å². The summed E-state index contributed by atoms with van der Waals surface area (Å²) in [7, 11) is 0. The number of thioether (sulfide) groups is 1. The van der Waals surface area contributed by atoms with Gasteiger partial charge in [-0.3, -0.25) is 0 Å². The molecule has 0 spiro atoms. The predicted molar refractivity (Wildman–Crippen MR) is 272 cm³/mol. The summed E-state index contributed by atoms with van der Waals surface area (Å²) in [6, 6.07) is 78.8. The van der Waals surface area contributed by atoms with Crippen LogP contribution in [0.1, 0.15) is 17.0 Å². The first-order chi connectivity index (χ1) is 31.3. The van der Waals surface area contributed by atoms with Crippen LogP contribution in [0.15, 0.2) is 235 Å². The second-order valence-corrected chi connectivity index (χ2v) is 18.1. The maximum atomic E-state index is 2.47. The molecule has 1 heterocycles. The Labute approximate surface area is 371 Å². The van der Waals surface area contributed by atoms with Crippen molar-refractivity contribution in [3.8, 4) is 44.5 Å². The molecule has 0 fully saturated rings. The fourth-order valence-corrected chi connectivity index (χ4v) is 12.5. The van der Waals surface area contributed by atoms with E-state index in [-0.39, 0.29) is 11.2 Å². The fourth-order valence-electron chi connectivity index (χ4n) is 11.0. The Morgan fingerprint density at radius 1 is 0.317 bits per heavy atom. The number of rotatable bonds is 5. The van der Waals surface area contributed by atoms with Crippen LogP contribution in [0.4, 0.5) is 0 Å². The maximum absolute atomic E-state index is 2.47. The molecule has 0 saturated carbocycles. The molecule has 1 aliphatic heterocycles. The van der Waals surface area contributed by atoms with Crippen LogP contribution in [0.25, 0.3) is 104 Å². The Bertz CT molecular complexity index is 3580. The molecule has 0 aromatic heterocycles. The Balaban J connectivity index is 0.967. The summed E-state index contributed by atoms with van der Waals surface area (Å²) in [5, 5.41) is 13.1. The van der Waals surface area contributed by atoms with Crippen LogP contribution < -0.4 is 0 Å². The van der Waals surface area contributed by atoms with Crippen LogP contribution in [0.2, 0.25) is 0 Å². The summed E-state index contributed by atoms with van der Waals surface area (Å²) in [5.74, 6) is 0.214. The highest BCUT2D eigenvalue weighted by molar-refractivity contribution is 8.00. The predicted octanol–water partition coefficient (Wildman–Crippen LogP) is 17.3. The smallest absolute Gasteiger partial charge is 0.0454 e. The average molecular weight is 817 g/mol. The normalized spacial score (nSPS) is 15.6. The maximum Gasteiger partial charge on any atom is 0.0454 e. The molecule has 0 amide bonds. The van der Waals surface area contributed by atoms with Crippen molar-refractivity contribution >= 4 is 71.2 Å². The van der Waals surface area contributed by atoms with Crippen molar-refractivity contribution in [1.29, 1.82) is 0 Å². The number of allylic oxidation sites excluding steroid dienone is 3. The van der Waals surface area contributed by atoms with Crippen molar-refractivity contribution < 1.29 is 0 Å². The van der Waals surface area contributed by atoms with E-state index in [4.69, 9.17) is 0 Å². The zero-order chi connectivity index (χ0) is 41.4. The summed E-state index contributed by atoms with van der Waals surface area (Å²) in [6.07, 6.45) is 7.20. The third kappa shape index (κ3) is 5.63. The summed E-state index contributed by atoms with van der Waals surface area (Å²) in [5.41, 5.74) is 14.4. The molecule has 294 valence electrons. The molecular weight excluding hydrogens is 777 g/mol. The molecule has 13 rings (SSSR count). The molecule has 2 atom stereocenters. The standard InChI is InChI=1S/C62H40S/c1-2-18-41(19-3-1)57-47-24-8-12-28-51(47)60(52-29-13-9-25-48(52)57)54-32-15-33-55-61-53(31-16-34-56(61)63-62(54)55)59-49-26-10-6-22-45(49)58(46-23-7-11-27-50(46)59)42-37-35-40(36-38-42)44-30-14-20-39-17-4-5-21-43(39)44/h1-38,55,62H. The minimum absolute atomic E-state index is 0.214. The Morgan fingerprint density at radius 2 is 0.762 bits per heavy atom. The number of hydrogen-bond donors (Lipinski definition) is 0. The van der Waals surface area contributed by atoms with Crippen molar-refractivity contribution in [2.45, 2.75) is 16.1 Å². The van der Waals surface area contributed by atoms with E-state index in [2.05, 4.69) is 231 Å². The first kappa shape index (κ1) is 36.2. The highest BCUT2D eigenvalue weighted by Gasteiger charge is 2.39. The highest BCUT2D eigenvalue weighted by atomic mass is 32.2. The monoisotopic (exact) mass is 816 g/mol. The molecular formula is C62H40S. The topological polar surface area (TPSA) is 0 Å². The third-order valence-electron chi connectivity index (χ3n) is 13.6. The van der Waals surface area contributed by atoms with Gasteiger partial charge >= 0.3 is 0 Å². The zero-order valence-electron chi connectivity index (χ0n) is 34.5. The molecule has 2 aliphatic rings. The van der Waals surface area contributed by atoms with E-state index < -0.39 is 0 Å². The van der Waals surface area contributed by atoms with Gasteiger partial charge < -0.3 is 0 Å². The van der Waals surface area contributed by atoms with Gasteiger partial charge in [-0.1, -0.05) is 224 Å². The van der Waals surface area contributed by atoms with Gasteiger partial charge in [0, 0.05) is 16.1 Å². The minimum atomic E-state index is 0.214. The molecule has 63 heavy (non-hydrogen) atoms. The van der Waals surface area contributed by atoms with Crippen LogP contribution in [-0.2, 0) is 0 Å². The largest absolute Gasteiger partial charge is 0.117 e. The first-order valence-corrected chi connectivity index (χ1v) is 22.9. The summed E-state index contributed by atoms with van der Waals surface area (Å²) in [6.45, 7) is 0. The zero-order valence-corrected chi connectivity index (χ0v) is 35.3. The van der Waals surface area contributed by atoms with E-state index in [1.54, 1.807) is 0 Å². The van der Waals surface area contributed by atoms with Crippen molar-refractivity contribution in [3.05, 3.63) is 242 Å². The summed E-state index contributed by atoms with van der Waals surface area (Å²) in [4.78, 5) is 1.37. The number of benzene rings is 11. The third-order valence-corrected chi connectivity index (χ3v) is 15.0. The van der Waals surface area contributed by atoms with Crippen molar-refractivity contribution in [3.63, 3.8) is 0 Å². The lowest BCUT2D eigenvalue weighted by atomic mass is 9.77. The van der Waals surface area contributed by atoms with Crippen molar-refractivity contribution in [2.75, 3.05) is 0 Å². The van der Waals surface area contributed by atoms with Gasteiger partial charge in [-0.15, -0.1) is 11.8 Å². The second-order valence-electron chi connectivity index (χ2n) is 16.9. The molecule has 1 aliphatic carbocycles. The van der Waals surface area contributed by atoms with Gasteiger partial charge in [0.15, 0.2) is 0 Å².